The van der Waals surface area contributed by atoms with Crippen LogP contribution < -0.4 is 9.64 Å². The van der Waals surface area contributed by atoms with E-state index in [1.54, 1.807) is 23.1 Å². The predicted molar refractivity (Wildman–Crippen MR) is 109 cm³/mol. The molecule has 156 valence electrons. The van der Waals surface area contributed by atoms with Crippen molar-refractivity contribution >= 4 is 17.5 Å². The van der Waals surface area contributed by atoms with Crippen molar-refractivity contribution in [2.75, 3.05) is 37.8 Å². The first kappa shape index (κ1) is 19.1. The minimum absolute atomic E-state index is 0.00132. The molecule has 3 aliphatic rings. The second-order valence-corrected chi connectivity index (χ2v) is 7.84. The maximum Gasteiger partial charge on any atom is 0.265 e. The molecule has 0 radical (unpaired) electrons. The zero-order chi connectivity index (χ0) is 20.6. The van der Waals surface area contributed by atoms with E-state index in [4.69, 9.17) is 14.2 Å². The lowest BCUT2D eigenvalue weighted by Crippen LogP contribution is -2.47. The van der Waals surface area contributed by atoms with Gasteiger partial charge in [-0.15, -0.1) is 0 Å². The molecule has 2 fully saturated rings. The fourth-order valence-corrected chi connectivity index (χ4v) is 4.29. The molecule has 30 heavy (non-hydrogen) atoms. The van der Waals surface area contributed by atoms with E-state index in [2.05, 4.69) is 0 Å². The molecule has 0 bridgehead atoms. The number of nitrogens with zero attached hydrogens (tertiary/aromatic N) is 2. The number of carbonyl (C=O) groups excluding carboxylic acids is 2. The first-order chi connectivity index (χ1) is 14.6. The summed E-state index contributed by atoms with van der Waals surface area (Å²) in [4.78, 5) is 29.2. The molecule has 2 saturated heterocycles. The summed E-state index contributed by atoms with van der Waals surface area (Å²) in [6, 6.07) is 15.1. The zero-order valence-corrected chi connectivity index (χ0v) is 16.7. The maximum atomic E-state index is 13.1. The highest BCUT2D eigenvalue weighted by molar-refractivity contribution is 6.01. The molecule has 3 heterocycles. The number of hydrogen-bond acceptors (Lipinski definition) is 5. The number of amides is 2. The molecule has 0 unspecified atom stereocenters. The van der Waals surface area contributed by atoms with Gasteiger partial charge in [-0.25, -0.2) is 0 Å². The SMILES string of the molecule is O=C(c1ccc2c(c1)N(Cc1ccccc1)C(=O)CO2)N1CCC2(CC1)OCCO2. The number of fused-ring (bicyclic) bond motifs is 1. The Kier molecular flexibility index (Phi) is 4.92. The van der Waals surface area contributed by atoms with E-state index >= 15 is 0 Å². The van der Waals surface area contributed by atoms with Crippen LogP contribution >= 0.6 is 0 Å². The van der Waals surface area contributed by atoms with Gasteiger partial charge in [0.1, 0.15) is 5.75 Å². The topological polar surface area (TPSA) is 68.3 Å². The van der Waals surface area contributed by atoms with Crippen LogP contribution in [0.2, 0.25) is 0 Å². The van der Waals surface area contributed by atoms with Crippen molar-refractivity contribution in [2.24, 2.45) is 0 Å². The van der Waals surface area contributed by atoms with Crippen molar-refractivity contribution in [2.45, 2.75) is 25.2 Å². The Morgan fingerprint density at radius 2 is 1.73 bits per heavy atom. The summed E-state index contributed by atoms with van der Waals surface area (Å²) in [5.74, 6) is -0.0681. The van der Waals surface area contributed by atoms with Crippen LogP contribution in [0.15, 0.2) is 48.5 Å². The van der Waals surface area contributed by atoms with E-state index in [0.29, 0.717) is 62.7 Å². The molecule has 2 amide bonds. The van der Waals surface area contributed by atoms with Gasteiger partial charge in [-0.1, -0.05) is 30.3 Å². The predicted octanol–water partition coefficient (Wildman–Crippen LogP) is 2.59. The number of anilines is 1. The van der Waals surface area contributed by atoms with Crippen LogP contribution in [0.4, 0.5) is 5.69 Å². The van der Waals surface area contributed by atoms with Crippen molar-refractivity contribution in [3.63, 3.8) is 0 Å². The van der Waals surface area contributed by atoms with E-state index in [1.807, 2.05) is 35.2 Å². The number of piperidine rings is 1. The van der Waals surface area contributed by atoms with Crippen molar-refractivity contribution < 1.29 is 23.8 Å². The van der Waals surface area contributed by atoms with Gasteiger partial charge in [-0.2, -0.15) is 0 Å². The van der Waals surface area contributed by atoms with Gasteiger partial charge in [0.05, 0.1) is 25.4 Å². The van der Waals surface area contributed by atoms with E-state index in [0.717, 1.165) is 5.56 Å². The lowest BCUT2D eigenvalue weighted by molar-refractivity contribution is -0.181. The average molecular weight is 408 g/mol. The van der Waals surface area contributed by atoms with Crippen molar-refractivity contribution in [3.8, 4) is 5.75 Å². The Morgan fingerprint density at radius 1 is 1.00 bits per heavy atom. The number of carbonyl (C=O) groups is 2. The van der Waals surface area contributed by atoms with Gasteiger partial charge in [-0.05, 0) is 23.8 Å². The quantitative estimate of drug-likeness (QED) is 0.781. The zero-order valence-electron chi connectivity index (χ0n) is 16.7. The van der Waals surface area contributed by atoms with Gasteiger partial charge >= 0.3 is 0 Å². The number of ether oxygens (including phenoxy) is 3. The summed E-state index contributed by atoms with van der Waals surface area (Å²) in [6.07, 6.45) is 1.34. The summed E-state index contributed by atoms with van der Waals surface area (Å²) in [5.41, 5.74) is 2.21. The molecule has 5 rings (SSSR count). The van der Waals surface area contributed by atoms with Gasteiger partial charge in [0.2, 0.25) is 0 Å². The van der Waals surface area contributed by atoms with Gasteiger partial charge in [-0.3, -0.25) is 9.59 Å². The van der Waals surface area contributed by atoms with Gasteiger partial charge in [0.25, 0.3) is 11.8 Å². The first-order valence-corrected chi connectivity index (χ1v) is 10.3. The summed E-state index contributed by atoms with van der Waals surface area (Å²) in [6.45, 7) is 2.84. The standard InChI is InChI=1S/C23H24N2O5/c26-21-16-28-20-7-6-18(14-19(20)25(21)15-17-4-2-1-3-5-17)22(27)24-10-8-23(9-11-24)29-12-13-30-23/h1-7,14H,8-13,15-16H2. The molecular formula is C23H24N2O5. The van der Waals surface area contributed by atoms with E-state index in [1.165, 1.54) is 0 Å². The van der Waals surface area contributed by atoms with Crippen molar-refractivity contribution in [3.05, 3.63) is 59.7 Å². The molecule has 7 heteroatoms. The minimum Gasteiger partial charge on any atom is -0.482 e. The van der Waals surface area contributed by atoms with Crippen LogP contribution in [0, 0.1) is 0 Å². The van der Waals surface area contributed by atoms with Crippen LogP contribution in [0.3, 0.4) is 0 Å². The Bertz CT molecular complexity index is 945. The molecule has 3 aliphatic heterocycles. The summed E-state index contributed by atoms with van der Waals surface area (Å²) in [7, 11) is 0. The first-order valence-electron chi connectivity index (χ1n) is 10.3. The van der Waals surface area contributed by atoms with Crippen LogP contribution in [0.5, 0.6) is 5.75 Å². The van der Waals surface area contributed by atoms with Crippen molar-refractivity contribution in [1.29, 1.82) is 0 Å². The Labute approximate surface area is 175 Å². The normalized spacial score (nSPS) is 20.2. The third-order valence-corrected chi connectivity index (χ3v) is 5.96. The third kappa shape index (κ3) is 3.55. The lowest BCUT2D eigenvalue weighted by atomic mass is 10.0. The Hall–Kier alpha value is -2.90. The Morgan fingerprint density at radius 3 is 2.47 bits per heavy atom. The highest BCUT2D eigenvalue weighted by Crippen LogP contribution is 2.36. The summed E-state index contributed by atoms with van der Waals surface area (Å²) >= 11 is 0. The minimum atomic E-state index is -0.515. The van der Waals surface area contributed by atoms with Crippen molar-refractivity contribution in [1.82, 2.24) is 4.90 Å². The number of hydrogen-bond donors (Lipinski definition) is 0. The van der Waals surface area contributed by atoms with Crippen LogP contribution in [-0.4, -0.2) is 55.4 Å². The fraction of sp³-hybridized carbons (Fsp3) is 0.391. The highest BCUT2D eigenvalue weighted by atomic mass is 16.7. The molecule has 0 aliphatic carbocycles. The van der Waals surface area contributed by atoms with Crippen LogP contribution in [-0.2, 0) is 20.8 Å². The largest absolute Gasteiger partial charge is 0.482 e. The van der Waals surface area contributed by atoms with Gasteiger partial charge in [0.15, 0.2) is 12.4 Å². The highest BCUT2D eigenvalue weighted by Gasteiger charge is 2.41. The van der Waals surface area contributed by atoms with E-state index < -0.39 is 5.79 Å². The molecule has 1 spiro atoms. The molecule has 7 nitrogen and oxygen atoms in total. The number of likely N-dealkylation sites (tertiary alicyclic amines) is 1. The smallest absolute Gasteiger partial charge is 0.265 e. The van der Waals surface area contributed by atoms with Gasteiger partial charge in [0, 0.05) is 31.5 Å². The van der Waals surface area contributed by atoms with E-state index in [-0.39, 0.29) is 18.4 Å². The van der Waals surface area contributed by atoms with Gasteiger partial charge < -0.3 is 24.0 Å². The summed E-state index contributed by atoms with van der Waals surface area (Å²) < 4.78 is 17.1. The summed E-state index contributed by atoms with van der Waals surface area (Å²) in [5, 5.41) is 0. The third-order valence-electron chi connectivity index (χ3n) is 5.96. The second-order valence-electron chi connectivity index (χ2n) is 7.84. The second kappa shape index (κ2) is 7.74. The Balaban J connectivity index is 1.36. The maximum absolute atomic E-state index is 13.1. The number of benzene rings is 2. The fourth-order valence-electron chi connectivity index (χ4n) is 4.29. The molecule has 0 aromatic heterocycles. The average Bonchev–Trinajstić information content (AvgIpc) is 3.24. The lowest BCUT2D eigenvalue weighted by Gasteiger charge is -2.37. The molecule has 2 aromatic carbocycles. The number of rotatable bonds is 3. The molecule has 2 aromatic rings. The molecule has 0 atom stereocenters. The molecule has 0 N–H and O–H groups in total. The molecular weight excluding hydrogens is 384 g/mol. The van der Waals surface area contributed by atoms with Crippen LogP contribution in [0.1, 0.15) is 28.8 Å². The van der Waals surface area contributed by atoms with E-state index in [9.17, 15) is 9.59 Å². The molecule has 0 saturated carbocycles. The van der Waals surface area contributed by atoms with Crippen LogP contribution in [0.25, 0.3) is 0 Å². The monoisotopic (exact) mass is 408 g/mol.